The second kappa shape index (κ2) is 13.0. The normalized spacial score (nSPS) is 23.1. The van der Waals surface area contributed by atoms with E-state index in [-0.39, 0.29) is 5.54 Å². The minimum absolute atomic E-state index is 0.0952. The average Bonchev–Trinajstić information content (AvgIpc) is 3.90. The Morgan fingerprint density at radius 3 is 2.80 bits per heavy atom. The van der Waals surface area contributed by atoms with Crippen LogP contribution in [-0.4, -0.2) is 61.1 Å². The molecular formula is C37H41ClN6O3S2. The molecule has 2 N–H and O–H groups in total. The van der Waals surface area contributed by atoms with E-state index < -0.39 is 5.97 Å². The Labute approximate surface area is 300 Å². The molecule has 2 aliphatic heterocycles. The maximum absolute atomic E-state index is 12.8. The van der Waals surface area contributed by atoms with Gasteiger partial charge in [0.05, 0.1) is 29.0 Å². The monoisotopic (exact) mass is 716 g/mol. The molecule has 12 heteroatoms. The molecule has 0 saturated heterocycles. The number of fused-ring (bicyclic) bond motifs is 7. The van der Waals surface area contributed by atoms with Crippen LogP contribution in [0.5, 0.6) is 5.75 Å². The molecule has 0 unspecified atom stereocenters. The number of carboxylic acids is 1. The largest absolute Gasteiger partial charge is 0.491 e. The summed E-state index contributed by atoms with van der Waals surface area (Å²) < 4.78 is 10.3. The number of nitrogens with one attached hydrogen (secondary N) is 1. The molecule has 2 aromatic heterocycles. The maximum atomic E-state index is 12.8. The van der Waals surface area contributed by atoms with Crippen molar-refractivity contribution in [1.82, 2.24) is 19.4 Å². The van der Waals surface area contributed by atoms with Crippen molar-refractivity contribution in [3.05, 3.63) is 74.8 Å². The summed E-state index contributed by atoms with van der Waals surface area (Å²) in [5, 5.41) is 27.5. The Morgan fingerprint density at radius 2 is 2.02 bits per heavy atom. The van der Waals surface area contributed by atoms with Crippen LogP contribution in [0.2, 0.25) is 5.02 Å². The van der Waals surface area contributed by atoms with Crippen molar-refractivity contribution in [2.24, 2.45) is 25.1 Å². The van der Waals surface area contributed by atoms with Gasteiger partial charge in [-0.1, -0.05) is 17.7 Å². The van der Waals surface area contributed by atoms with Crippen molar-refractivity contribution in [1.29, 1.82) is 0 Å². The zero-order chi connectivity index (χ0) is 33.9. The fraction of sp³-hybridized carbons (Fsp3) is 0.432. The van der Waals surface area contributed by atoms with Crippen molar-refractivity contribution in [3.63, 3.8) is 0 Å². The first-order valence-corrected chi connectivity index (χ1v) is 19.6. The first-order chi connectivity index (χ1) is 23.8. The summed E-state index contributed by atoms with van der Waals surface area (Å²) >= 11 is 10.6. The number of hydrazone groups is 1. The summed E-state index contributed by atoms with van der Waals surface area (Å²) in [6.07, 6.45) is 9.65. The number of aryl methyl sites for hydroxylation is 4. The van der Waals surface area contributed by atoms with Crippen LogP contribution in [0.1, 0.15) is 71.2 Å². The number of anilines is 1. The SMILES string of the molecule is C/C=N/N(/C1=C/c2c(Cl)ccc3c(c(C(=O)O)n(C)c23)CCCOc2cc(cc3c2NCCC3)SCc2cc(nn2C)CSC1)C12CC1C2. The molecule has 2 fully saturated rings. The number of nitrogens with zero attached hydrogens (tertiary/aromatic N) is 5. The quantitative estimate of drug-likeness (QED) is 0.162. The molecular weight excluding hydrogens is 676 g/mol. The first kappa shape index (κ1) is 32.7. The molecule has 2 saturated carbocycles. The van der Waals surface area contributed by atoms with E-state index in [1.165, 1.54) is 16.2 Å². The summed E-state index contributed by atoms with van der Waals surface area (Å²) in [5.74, 6) is 2.88. The van der Waals surface area contributed by atoms with Crippen molar-refractivity contribution in [2.75, 3.05) is 24.2 Å². The highest BCUT2D eigenvalue weighted by molar-refractivity contribution is 7.98. The smallest absolute Gasteiger partial charge is 0.352 e. The molecule has 2 aliphatic carbocycles. The Kier molecular flexibility index (Phi) is 8.64. The number of hydrogen-bond donors (Lipinski definition) is 2. The number of aromatic carboxylic acids is 1. The second-order valence-corrected chi connectivity index (χ2v) is 16.0. The summed E-state index contributed by atoms with van der Waals surface area (Å²) in [5.41, 5.74) is 8.51. The minimum atomic E-state index is -0.946. The van der Waals surface area contributed by atoms with Crippen LogP contribution in [-0.2, 0) is 38.4 Å². The number of ether oxygens (including phenoxy) is 1. The molecule has 49 heavy (non-hydrogen) atoms. The lowest BCUT2D eigenvalue weighted by Crippen LogP contribution is -2.26. The van der Waals surface area contributed by atoms with Gasteiger partial charge in [0, 0.05) is 76.4 Å². The van der Waals surface area contributed by atoms with Crippen molar-refractivity contribution < 1.29 is 14.6 Å². The molecule has 0 amide bonds. The number of carboxylic acid groups (broad SMARTS) is 1. The van der Waals surface area contributed by atoms with Crippen molar-refractivity contribution >= 4 is 70.0 Å². The zero-order valence-electron chi connectivity index (χ0n) is 28.1. The van der Waals surface area contributed by atoms with Gasteiger partial charge in [-0.15, -0.1) is 23.5 Å². The predicted octanol–water partition coefficient (Wildman–Crippen LogP) is 7.98. The third-order valence-electron chi connectivity index (χ3n) is 10.3. The highest BCUT2D eigenvalue weighted by atomic mass is 35.5. The van der Waals surface area contributed by atoms with E-state index in [0.717, 1.165) is 88.6 Å². The molecule has 4 heterocycles. The number of thioether (sulfide) groups is 2. The highest BCUT2D eigenvalue weighted by Crippen LogP contribution is 2.71. The van der Waals surface area contributed by atoms with Crippen LogP contribution in [0, 0.1) is 5.92 Å². The summed E-state index contributed by atoms with van der Waals surface area (Å²) in [6.45, 7) is 3.35. The Bertz CT molecular complexity index is 2030. The Balaban J connectivity index is 1.22. The topological polar surface area (TPSA) is 96.9 Å². The van der Waals surface area contributed by atoms with Crippen LogP contribution in [0.3, 0.4) is 0 Å². The fourth-order valence-electron chi connectivity index (χ4n) is 7.59. The molecule has 4 aliphatic rings. The van der Waals surface area contributed by atoms with Gasteiger partial charge in [-0.2, -0.15) is 10.2 Å². The molecule has 2 aromatic carbocycles. The van der Waals surface area contributed by atoms with E-state index in [1.54, 1.807) is 11.8 Å². The zero-order valence-corrected chi connectivity index (χ0v) is 30.5. The molecule has 9 nitrogen and oxygen atoms in total. The predicted molar refractivity (Wildman–Crippen MR) is 200 cm³/mol. The van der Waals surface area contributed by atoms with Crippen LogP contribution in [0.25, 0.3) is 17.0 Å². The molecule has 0 atom stereocenters. The summed E-state index contributed by atoms with van der Waals surface area (Å²) in [7, 11) is 3.86. The lowest BCUT2D eigenvalue weighted by Gasteiger charge is -2.26. The average molecular weight is 717 g/mol. The molecule has 0 spiro atoms. The number of hydrogen-bond acceptors (Lipinski definition) is 8. The molecule has 256 valence electrons. The van der Waals surface area contributed by atoms with Gasteiger partial charge >= 0.3 is 5.97 Å². The maximum Gasteiger partial charge on any atom is 0.352 e. The number of carbonyl (C=O) groups is 1. The summed E-state index contributed by atoms with van der Waals surface area (Å²) in [6, 6.07) is 10.5. The van der Waals surface area contributed by atoms with Crippen molar-refractivity contribution in [2.45, 2.75) is 67.4 Å². The van der Waals surface area contributed by atoms with E-state index in [9.17, 15) is 9.90 Å². The second-order valence-electron chi connectivity index (χ2n) is 13.5. The van der Waals surface area contributed by atoms with Gasteiger partial charge in [0.1, 0.15) is 11.4 Å². The van der Waals surface area contributed by atoms with Gasteiger partial charge in [0.15, 0.2) is 0 Å². The van der Waals surface area contributed by atoms with E-state index in [0.29, 0.717) is 41.8 Å². The third-order valence-corrected chi connectivity index (χ3v) is 12.7. The highest BCUT2D eigenvalue weighted by Gasteiger charge is 2.74. The summed E-state index contributed by atoms with van der Waals surface area (Å²) in [4.78, 5) is 14.0. The molecule has 4 aromatic rings. The van der Waals surface area contributed by atoms with Gasteiger partial charge in [-0.3, -0.25) is 9.69 Å². The number of aromatic nitrogens is 3. The first-order valence-electron chi connectivity index (χ1n) is 17.1. The fourth-order valence-corrected chi connectivity index (χ4v) is 9.67. The lowest BCUT2D eigenvalue weighted by atomic mass is 10.0. The number of benzene rings is 2. The van der Waals surface area contributed by atoms with E-state index in [2.05, 4.69) is 34.6 Å². The van der Waals surface area contributed by atoms with E-state index >= 15 is 0 Å². The van der Waals surface area contributed by atoms with Gasteiger partial charge in [0.2, 0.25) is 0 Å². The Morgan fingerprint density at radius 1 is 1.18 bits per heavy atom. The van der Waals surface area contributed by atoms with E-state index in [4.69, 9.17) is 26.5 Å². The minimum Gasteiger partial charge on any atom is -0.491 e. The van der Waals surface area contributed by atoms with Crippen LogP contribution in [0.15, 0.2) is 46.0 Å². The molecule has 8 rings (SSSR count). The van der Waals surface area contributed by atoms with Gasteiger partial charge in [0.25, 0.3) is 0 Å². The van der Waals surface area contributed by atoms with Crippen molar-refractivity contribution in [3.8, 4) is 5.75 Å². The number of halogens is 1. The van der Waals surface area contributed by atoms with Gasteiger partial charge < -0.3 is 19.7 Å². The van der Waals surface area contributed by atoms with E-state index in [1.807, 2.05) is 60.4 Å². The number of rotatable bonds is 4. The lowest BCUT2D eigenvalue weighted by molar-refractivity contribution is 0.0685. The molecule has 8 bridgehead atoms. The van der Waals surface area contributed by atoms with Crippen LogP contribution >= 0.6 is 35.1 Å². The van der Waals surface area contributed by atoms with Gasteiger partial charge in [-0.05, 0) is 92.8 Å². The molecule has 0 radical (unpaired) electrons. The van der Waals surface area contributed by atoms with Crippen LogP contribution in [0.4, 0.5) is 5.69 Å². The standard InChI is InChI=1S/C37H41ClN6O3S2/c1-4-40-44(37-17-23(37)18-37)26-15-30-31(38)10-9-29-28(35(36(45)46)42(2)34(29)30)8-6-12-47-32-16-27(13-22-7-5-11-39-33(22)32)49-21-25-14-24(19-48-20-26)41-43(25)3/h4,9-10,13-16,23,39H,5-8,11-12,17-21H2,1-3H3,(H,45,46)/b26-15+,40-4+. The third kappa shape index (κ3) is 6.01. The van der Waals surface area contributed by atoms with Gasteiger partial charge in [-0.25, -0.2) is 4.79 Å². The Hall–Kier alpha value is -3.54. The van der Waals surface area contributed by atoms with Crippen LogP contribution < -0.4 is 10.1 Å².